The van der Waals surface area contributed by atoms with Crippen LogP contribution in [0.15, 0.2) is 30.5 Å². The lowest BCUT2D eigenvalue weighted by molar-refractivity contribution is 0.118. The van der Waals surface area contributed by atoms with Gasteiger partial charge in [0, 0.05) is 48.8 Å². The van der Waals surface area contributed by atoms with Gasteiger partial charge in [-0.15, -0.1) is 0 Å². The van der Waals surface area contributed by atoms with E-state index in [2.05, 4.69) is 59.5 Å². The summed E-state index contributed by atoms with van der Waals surface area (Å²) in [5.41, 5.74) is 2.67. The second-order valence-electron chi connectivity index (χ2n) is 5.86. The first-order valence-corrected chi connectivity index (χ1v) is 7.84. The van der Waals surface area contributed by atoms with Crippen molar-refractivity contribution in [3.8, 4) is 0 Å². The topological polar surface area (TPSA) is 31.1 Å². The first-order chi connectivity index (χ1) is 9.81. The molecule has 1 aromatic heterocycles. The Balaban J connectivity index is 1.80. The molecule has 3 nitrogen and oxygen atoms in total. The Kier molecular flexibility index (Phi) is 4.08. The largest absolute Gasteiger partial charge is 0.361 e. The van der Waals surface area contributed by atoms with Crippen LogP contribution in [0.3, 0.4) is 0 Å². The summed E-state index contributed by atoms with van der Waals surface area (Å²) in [6.07, 6.45) is 4.60. The van der Waals surface area contributed by atoms with Crippen LogP contribution < -0.4 is 5.32 Å². The van der Waals surface area contributed by atoms with Gasteiger partial charge in [-0.3, -0.25) is 4.90 Å². The van der Waals surface area contributed by atoms with E-state index in [0.29, 0.717) is 12.1 Å². The molecule has 0 radical (unpaired) electrons. The fourth-order valence-electron chi connectivity index (χ4n) is 3.28. The van der Waals surface area contributed by atoms with E-state index in [0.717, 1.165) is 19.6 Å². The van der Waals surface area contributed by atoms with Crippen LogP contribution >= 0.6 is 0 Å². The molecular weight excluding hydrogens is 246 g/mol. The molecule has 108 valence electrons. The van der Waals surface area contributed by atoms with E-state index in [1.807, 2.05) is 0 Å². The molecule has 1 aliphatic heterocycles. The molecule has 2 N–H and O–H groups in total. The van der Waals surface area contributed by atoms with Gasteiger partial charge in [0.1, 0.15) is 0 Å². The van der Waals surface area contributed by atoms with Crippen molar-refractivity contribution in [1.82, 2.24) is 15.2 Å². The van der Waals surface area contributed by atoms with Crippen molar-refractivity contribution in [2.75, 3.05) is 13.1 Å². The average molecular weight is 271 g/mol. The maximum Gasteiger partial charge on any atom is 0.0457 e. The van der Waals surface area contributed by atoms with Crippen LogP contribution in [0, 0.1) is 0 Å². The molecule has 1 saturated heterocycles. The summed E-state index contributed by atoms with van der Waals surface area (Å²) in [5, 5.41) is 5.04. The third kappa shape index (κ3) is 2.60. The normalized spacial score (nSPS) is 24.3. The average Bonchev–Trinajstić information content (AvgIpc) is 2.90. The Labute approximate surface area is 121 Å². The number of aromatic amines is 1. The maximum absolute atomic E-state index is 3.67. The van der Waals surface area contributed by atoms with Crippen molar-refractivity contribution < 1.29 is 0 Å². The molecular formula is C17H25N3. The number of aromatic nitrogens is 1. The van der Waals surface area contributed by atoms with E-state index < -0.39 is 0 Å². The number of nitrogens with one attached hydrogen (secondary N) is 2. The molecule has 2 heterocycles. The maximum atomic E-state index is 3.67. The van der Waals surface area contributed by atoms with E-state index >= 15 is 0 Å². The molecule has 3 rings (SSSR count). The number of benzene rings is 1. The predicted octanol–water partition coefficient (Wildman–Crippen LogP) is 3.13. The van der Waals surface area contributed by atoms with Gasteiger partial charge in [-0.25, -0.2) is 0 Å². The van der Waals surface area contributed by atoms with Gasteiger partial charge in [0.05, 0.1) is 0 Å². The number of H-pyrrole nitrogens is 1. The quantitative estimate of drug-likeness (QED) is 0.895. The summed E-state index contributed by atoms with van der Waals surface area (Å²) < 4.78 is 0. The summed E-state index contributed by atoms with van der Waals surface area (Å²) in [6, 6.07) is 9.90. The van der Waals surface area contributed by atoms with E-state index in [4.69, 9.17) is 0 Å². The minimum absolute atomic E-state index is 0.642. The van der Waals surface area contributed by atoms with Crippen LogP contribution in [0.2, 0.25) is 0 Å². The first-order valence-electron chi connectivity index (χ1n) is 7.84. The molecule has 0 aliphatic carbocycles. The van der Waals surface area contributed by atoms with E-state index in [1.54, 1.807) is 0 Å². The van der Waals surface area contributed by atoms with Gasteiger partial charge in [0.15, 0.2) is 0 Å². The molecule has 2 aromatic rings. The minimum atomic E-state index is 0.642. The molecule has 0 bridgehead atoms. The van der Waals surface area contributed by atoms with Gasteiger partial charge in [-0.2, -0.15) is 0 Å². The third-order valence-electron chi connectivity index (χ3n) is 4.63. The SMILES string of the molecule is CCC1CN(Cc2c[nH]c3ccccc23)C(CC)CN1. The first kappa shape index (κ1) is 13.7. The lowest BCUT2D eigenvalue weighted by Crippen LogP contribution is -2.55. The molecule has 2 unspecified atom stereocenters. The number of para-hydroxylation sites is 1. The van der Waals surface area contributed by atoms with Crippen molar-refractivity contribution >= 4 is 10.9 Å². The fraction of sp³-hybridized carbons (Fsp3) is 0.529. The Bertz CT molecular complexity index is 560. The minimum Gasteiger partial charge on any atom is -0.361 e. The fourth-order valence-corrected chi connectivity index (χ4v) is 3.28. The van der Waals surface area contributed by atoms with Crippen molar-refractivity contribution in [2.45, 2.75) is 45.3 Å². The van der Waals surface area contributed by atoms with E-state index in [9.17, 15) is 0 Å². The molecule has 1 fully saturated rings. The number of rotatable bonds is 4. The standard InChI is InChI=1S/C17H25N3/c1-3-14-12-20(15(4-2)10-18-14)11-13-9-19-17-8-6-5-7-16(13)17/h5-9,14-15,18-19H,3-4,10-12H2,1-2H3. The van der Waals surface area contributed by atoms with Gasteiger partial charge >= 0.3 is 0 Å². The van der Waals surface area contributed by atoms with Crippen LogP contribution in [0.5, 0.6) is 0 Å². The Hall–Kier alpha value is -1.32. The van der Waals surface area contributed by atoms with Crippen molar-refractivity contribution in [1.29, 1.82) is 0 Å². The Morgan fingerprint density at radius 2 is 2.05 bits per heavy atom. The number of piperazine rings is 1. The molecule has 0 amide bonds. The van der Waals surface area contributed by atoms with Crippen LogP contribution in [-0.2, 0) is 6.54 Å². The van der Waals surface area contributed by atoms with Crippen molar-refractivity contribution in [2.24, 2.45) is 0 Å². The summed E-state index contributed by atoms with van der Waals surface area (Å²) in [5.74, 6) is 0. The van der Waals surface area contributed by atoms with Crippen LogP contribution in [0.1, 0.15) is 32.3 Å². The molecule has 0 saturated carbocycles. The molecule has 0 spiro atoms. The highest BCUT2D eigenvalue weighted by Crippen LogP contribution is 2.22. The summed E-state index contributed by atoms with van der Waals surface area (Å²) in [7, 11) is 0. The van der Waals surface area contributed by atoms with Crippen molar-refractivity contribution in [3.05, 3.63) is 36.0 Å². The number of hydrogen-bond donors (Lipinski definition) is 2. The highest BCUT2D eigenvalue weighted by molar-refractivity contribution is 5.82. The van der Waals surface area contributed by atoms with Gasteiger partial charge in [-0.1, -0.05) is 32.0 Å². The van der Waals surface area contributed by atoms with E-state index in [-0.39, 0.29) is 0 Å². The number of fused-ring (bicyclic) bond motifs is 1. The molecule has 20 heavy (non-hydrogen) atoms. The second kappa shape index (κ2) is 5.98. The summed E-state index contributed by atoms with van der Waals surface area (Å²) in [6.45, 7) is 7.90. The van der Waals surface area contributed by atoms with Gasteiger partial charge in [-0.05, 0) is 24.5 Å². The zero-order valence-corrected chi connectivity index (χ0v) is 12.5. The lowest BCUT2D eigenvalue weighted by atomic mass is 10.0. The summed E-state index contributed by atoms with van der Waals surface area (Å²) in [4.78, 5) is 6.05. The third-order valence-corrected chi connectivity index (χ3v) is 4.63. The second-order valence-corrected chi connectivity index (χ2v) is 5.86. The smallest absolute Gasteiger partial charge is 0.0457 e. The zero-order chi connectivity index (χ0) is 13.9. The van der Waals surface area contributed by atoms with Crippen LogP contribution in [0.4, 0.5) is 0 Å². The van der Waals surface area contributed by atoms with Gasteiger partial charge < -0.3 is 10.3 Å². The summed E-state index contributed by atoms with van der Waals surface area (Å²) >= 11 is 0. The molecule has 1 aromatic carbocycles. The Morgan fingerprint density at radius 3 is 2.85 bits per heavy atom. The van der Waals surface area contributed by atoms with Gasteiger partial charge in [0.2, 0.25) is 0 Å². The number of nitrogens with zero attached hydrogens (tertiary/aromatic N) is 1. The number of hydrogen-bond acceptors (Lipinski definition) is 2. The zero-order valence-electron chi connectivity index (χ0n) is 12.5. The monoisotopic (exact) mass is 271 g/mol. The molecule has 1 aliphatic rings. The van der Waals surface area contributed by atoms with Gasteiger partial charge in [0.25, 0.3) is 0 Å². The highest BCUT2D eigenvalue weighted by Gasteiger charge is 2.26. The van der Waals surface area contributed by atoms with Crippen molar-refractivity contribution in [3.63, 3.8) is 0 Å². The predicted molar refractivity (Wildman–Crippen MR) is 84.9 cm³/mol. The molecule has 2 atom stereocenters. The van der Waals surface area contributed by atoms with Crippen LogP contribution in [-0.4, -0.2) is 35.1 Å². The molecule has 3 heteroatoms. The lowest BCUT2D eigenvalue weighted by Gasteiger charge is -2.40. The Morgan fingerprint density at radius 1 is 1.20 bits per heavy atom. The van der Waals surface area contributed by atoms with E-state index in [1.165, 1.54) is 29.3 Å². The van der Waals surface area contributed by atoms with Crippen LogP contribution in [0.25, 0.3) is 10.9 Å². The highest BCUT2D eigenvalue weighted by atomic mass is 15.2.